The van der Waals surface area contributed by atoms with Gasteiger partial charge in [-0.15, -0.1) is 0 Å². The van der Waals surface area contributed by atoms with Crippen LogP contribution in [0.15, 0.2) is 104 Å². The second kappa shape index (κ2) is 10.8. The molecule has 0 unspecified atom stereocenters. The fourth-order valence-corrected chi connectivity index (χ4v) is 6.29. The highest BCUT2D eigenvalue weighted by Crippen LogP contribution is 2.38. The van der Waals surface area contributed by atoms with Crippen LogP contribution in [0, 0.1) is 17.4 Å². The highest BCUT2D eigenvalue weighted by atomic mass is 127. The molecule has 0 amide bonds. The van der Waals surface area contributed by atoms with Gasteiger partial charge in [-0.2, -0.15) is 16.8 Å². The van der Waals surface area contributed by atoms with Crippen molar-refractivity contribution in [1.82, 2.24) is 0 Å². The molecule has 0 saturated carbocycles. The lowest BCUT2D eigenvalue weighted by atomic mass is 10.1. The van der Waals surface area contributed by atoms with Crippen molar-refractivity contribution in [3.63, 3.8) is 0 Å². The van der Waals surface area contributed by atoms with Crippen molar-refractivity contribution in [3.8, 4) is 28.6 Å². The molecule has 0 spiro atoms. The lowest BCUT2D eigenvalue weighted by molar-refractivity contribution is 0.460. The van der Waals surface area contributed by atoms with Gasteiger partial charge in [-0.05, 0) is 85.0 Å². The van der Waals surface area contributed by atoms with Crippen molar-refractivity contribution in [3.05, 3.63) is 110 Å². The zero-order valence-corrected chi connectivity index (χ0v) is 25.3. The molecular weight excluding hydrogens is 683 g/mol. The SMILES string of the molecule is Cc1ccc(S(=O)(=O)Oc2ccc(-c3cc(=O)c4c(OS(=O)(=O)c5ccc(C)cc5)cc(O)c(I)c4o3)cc2)cc1. The Bertz CT molecular complexity index is 2050. The van der Waals surface area contributed by atoms with E-state index in [1.165, 1.54) is 48.5 Å². The maximum atomic E-state index is 13.2. The summed E-state index contributed by atoms with van der Waals surface area (Å²) in [7, 11) is -8.39. The second-order valence-electron chi connectivity index (χ2n) is 9.11. The number of fused-ring (bicyclic) bond motifs is 1. The van der Waals surface area contributed by atoms with Gasteiger partial charge in [0.1, 0.15) is 32.4 Å². The molecule has 1 N–H and O–H groups in total. The van der Waals surface area contributed by atoms with E-state index in [0.29, 0.717) is 5.56 Å². The van der Waals surface area contributed by atoms with E-state index in [1.54, 1.807) is 53.8 Å². The van der Waals surface area contributed by atoms with Crippen molar-refractivity contribution in [2.45, 2.75) is 23.6 Å². The van der Waals surface area contributed by atoms with Gasteiger partial charge in [-0.25, -0.2) is 0 Å². The zero-order valence-electron chi connectivity index (χ0n) is 21.5. The first-order valence-corrected chi connectivity index (χ1v) is 15.9. The Balaban J connectivity index is 1.49. The van der Waals surface area contributed by atoms with Gasteiger partial charge in [0.15, 0.2) is 16.8 Å². The molecule has 0 atom stereocenters. The minimum Gasteiger partial charge on any atom is -0.507 e. The third kappa shape index (κ3) is 5.94. The first-order valence-electron chi connectivity index (χ1n) is 12.0. The Kier molecular flexibility index (Phi) is 7.57. The summed E-state index contributed by atoms with van der Waals surface area (Å²) in [6, 6.07) is 20.2. The summed E-state index contributed by atoms with van der Waals surface area (Å²) in [6.07, 6.45) is 0. The van der Waals surface area contributed by atoms with Gasteiger partial charge in [0.2, 0.25) is 0 Å². The number of hydrogen-bond acceptors (Lipinski definition) is 9. The Labute approximate surface area is 249 Å². The van der Waals surface area contributed by atoms with Crippen molar-refractivity contribution in [1.29, 1.82) is 0 Å². The minimum atomic E-state index is -4.33. The quantitative estimate of drug-likeness (QED) is 0.162. The van der Waals surface area contributed by atoms with E-state index in [2.05, 4.69) is 0 Å². The molecule has 0 aliphatic heterocycles. The lowest BCUT2D eigenvalue weighted by Gasteiger charge is -2.12. The maximum absolute atomic E-state index is 13.2. The zero-order chi connectivity index (χ0) is 29.5. The first-order chi connectivity index (χ1) is 19.3. The predicted octanol–water partition coefficient (Wildman–Crippen LogP) is 5.92. The molecule has 41 heavy (non-hydrogen) atoms. The van der Waals surface area contributed by atoms with Crippen LogP contribution in [-0.2, 0) is 20.2 Å². The fraction of sp³-hybridized carbons (Fsp3) is 0.0690. The van der Waals surface area contributed by atoms with Crippen molar-refractivity contribution < 1.29 is 34.7 Å². The van der Waals surface area contributed by atoms with Crippen molar-refractivity contribution in [2.24, 2.45) is 0 Å². The fourth-order valence-electron chi connectivity index (χ4n) is 3.89. The topological polar surface area (TPSA) is 137 Å². The number of rotatable bonds is 7. The Hall–Kier alpha value is -3.88. The van der Waals surface area contributed by atoms with Crippen molar-refractivity contribution >= 4 is 53.8 Å². The average molecular weight is 705 g/mol. The smallest absolute Gasteiger partial charge is 0.339 e. The molecule has 12 heteroatoms. The normalized spacial score (nSPS) is 11.9. The molecule has 0 bridgehead atoms. The van der Waals surface area contributed by atoms with Crippen LogP contribution in [0.1, 0.15) is 11.1 Å². The number of benzene rings is 4. The number of phenols is 1. The molecule has 1 heterocycles. The van der Waals surface area contributed by atoms with Crippen LogP contribution in [0.25, 0.3) is 22.3 Å². The summed E-state index contributed by atoms with van der Waals surface area (Å²) in [5.41, 5.74) is 1.46. The summed E-state index contributed by atoms with van der Waals surface area (Å²) in [4.78, 5) is 13.1. The largest absolute Gasteiger partial charge is 0.507 e. The number of phenolic OH excluding ortho intramolecular Hbond substituents is 1. The van der Waals surface area contributed by atoms with Gasteiger partial charge in [-0.1, -0.05) is 35.4 Å². The molecule has 9 nitrogen and oxygen atoms in total. The van der Waals surface area contributed by atoms with E-state index < -0.39 is 25.7 Å². The molecule has 0 radical (unpaired) electrons. The first kappa shape index (κ1) is 28.6. The van der Waals surface area contributed by atoms with Gasteiger partial charge in [0.05, 0.1) is 3.57 Å². The summed E-state index contributed by atoms with van der Waals surface area (Å²) in [5.74, 6) is -0.602. The molecule has 4 aromatic carbocycles. The van der Waals surface area contributed by atoms with Crippen LogP contribution in [-0.4, -0.2) is 21.9 Å². The Morgan fingerprint density at radius 3 is 1.78 bits per heavy atom. The summed E-state index contributed by atoms with van der Waals surface area (Å²) < 4.78 is 67.6. The molecule has 0 fully saturated rings. The average Bonchev–Trinajstić information content (AvgIpc) is 2.92. The van der Waals surface area contributed by atoms with Gasteiger partial charge >= 0.3 is 20.2 Å². The molecule has 210 valence electrons. The van der Waals surface area contributed by atoms with Gasteiger partial charge in [0, 0.05) is 17.7 Å². The number of aromatic hydroxyl groups is 1. The molecule has 1 aromatic heterocycles. The maximum Gasteiger partial charge on any atom is 0.339 e. The molecule has 5 rings (SSSR count). The summed E-state index contributed by atoms with van der Waals surface area (Å²) >= 11 is 1.78. The van der Waals surface area contributed by atoms with Gasteiger partial charge in [0.25, 0.3) is 0 Å². The van der Waals surface area contributed by atoms with E-state index in [-0.39, 0.29) is 47.3 Å². The van der Waals surface area contributed by atoms with E-state index >= 15 is 0 Å². The van der Waals surface area contributed by atoms with Gasteiger partial charge < -0.3 is 17.9 Å². The Morgan fingerprint density at radius 1 is 0.732 bits per heavy atom. The van der Waals surface area contributed by atoms with Crippen molar-refractivity contribution in [2.75, 3.05) is 0 Å². The molecule has 0 aliphatic rings. The van der Waals surface area contributed by atoms with E-state index in [0.717, 1.165) is 23.3 Å². The monoisotopic (exact) mass is 704 g/mol. The van der Waals surface area contributed by atoms with E-state index in [9.17, 15) is 26.7 Å². The molecule has 0 aliphatic carbocycles. The van der Waals surface area contributed by atoms with Crippen LogP contribution >= 0.6 is 22.6 Å². The van der Waals surface area contributed by atoms with E-state index in [1.807, 2.05) is 6.92 Å². The van der Waals surface area contributed by atoms with Crippen LogP contribution in [0.3, 0.4) is 0 Å². The molecular formula is C29H21IO9S2. The minimum absolute atomic E-state index is 0.00417. The standard InChI is InChI=1S/C29H21IO9S2/c1-17-3-11-21(12-4-17)40(33,34)38-20-9-7-19(8-10-20)25-15-23(31)27-26(16-24(32)28(30)29(27)37-25)39-41(35,36)22-13-5-18(2)6-14-22/h3-16,32H,1-2H3. The van der Waals surface area contributed by atoms with Crippen LogP contribution in [0.4, 0.5) is 0 Å². The Morgan fingerprint density at radius 2 is 1.24 bits per heavy atom. The summed E-state index contributed by atoms with van der Waals surface area (Å²) in [5, 5.41) is 10.3. The third-order valence-electron chi connectivity index (χ3n) is 6.05. The number of halogens is 1. The lowest BCUT2D eigenvalue weighted by Crippen LogP contribution is -2.12. The number of hydrogen-bond donors (Lipinski definition) is 1. The van der Waals surface area contributed by atoms with Crippen LogP contribution in [0.5, 0.6) is 17.2 Å². The van der Waals surface area contributed by atoms with Gasteiger partial charge in [-0.3, -0.25) is 4.79 Å². The molecule has 0 saturated heterocycles. The highest BCUT2D eigenvalue weighted by molar-refractivity contribution is 14.1. The third-order valence-corrected chi connectivity index (χ3v) is 9.60. The van der Waals surface area contributed by atoms with Crippen LogP contribution in [0.2, 0.25) is 0 Å². The predicted molar refractivity (Wildman–Crippen MR) is 160 cm³/mol. The second-order valence-corrected chi connectivity index (χ2v) is 13.3. The molecule has 5 aromatic rings. The van der Waals surface area contributed by atoms with E-state index in [4.69, 9.17) is 12.8 Å². The highest BCUT2D eigenvalue weighted by Gasteiger charge is 2.24. The van der Waals surface area contributed by atoms with Crippen LogP contribution < -0.4 is 13.8 Å². The number of aryl methyl sites for hydroxylation is 2. The summed E-state index contributed by atoms with van der Waals surface area (Å²) in [6.45, 7) is 3.64.